The number of halogens is 4. The molecule has 1 amide bonds. The van der Waals surface area contributed by atoms with Crippen LogP contribution in [0.1, 0.15) is 34.0 Å². The molecule has 1 atom stereocenters. The zero-order valence-corrected chi connectivity index (χ0v) is 16.6. The van der Waals surface area contributed by atoms with Gasteiger partial charge in [-0.2, -0.15) is 18.3 Å². The number of pyridine rings is 1. The van der Waals surface area contributed by atoms with Crippen molar-refractivity contribution in [3.63, 3.8) is 0 Å². The first-order valence-corrected chi connectivity index (χ1v) is 9.94. The molecule has 3 aromatic heterocycles. The maximum absolute atomic E-state index is 14.1. The van der Waals surface area contributed by atoms with Gasteiger partial charge in [-0.1, -0.05) is 18.2 Å². The van der Waals surface area contributed by atoms with Gasteiger partial charge in [0.05, 0.1) is 11.8 Å². The number of imidazole rings is 1. The lowest BCUT2D eigenvalue weighted by atomic mass is 9.98. The smallest absolute Gasteiger partial charge is 0.337 e. The lowest BCUT2D eigenvalue weighted by Crippen LogP contribution is -2.28. The fraction of sp³-hybridized carbons (Fsp3) is 0.227. The SMILES string of the molecule is O=C(c1cn2cc(-c3cn[nH]c3)cc(C(F)(F)F)c2n1)N1CCC(c2ccccc2F)C1. The second-order valence-corrected chi connectivity index (χ2v) is 7.74. The molecular weight excluding hydrogens is 426 g/mol. The number of likely N-dealkylation sites (tertiary alicyclic amines) is 1. The van der Waals surface area contributed by atoms with E-state index in [4.69, 9.17) is 0 Å². The van der Waals surface area contributed by atoms with Crippen LogP contribution in [0.25, 0.3) is 16.8 Å². The molecule has 10 heteroatoms. The minimum absolute atomic E-state index is 0.0889. The maximum atomic E-state index is 14.1. The molecule has 0 spiro atoms. The molecule has 1 saturated heterocycles. The predicted molar refractivity (Wildman–Crippen MR) is 107 cm³/mol. The zero-order valence-electron chi connectivity index (χ0n) is 16.6. The number of aromatic nitrogens is 4. The summed E-state index contributed by atoms with van der Waals surface area (Å²) in [4.78, 5) is 18.5. The van der Waals surface area contributed by atoms with Crippen molar-refractivity contribution in [1.82, 2.24) is 24.5 Å². The molecule has 1 unspecified atom stereocenters. The lowest BCUT2D eigenvalue weighted by Gasteiger charge is -2.15. The highest BCUT2D eigenvalue weighted by molar-refractivity contribution is 5.93. The fourth-order valence-corrected chi connectivity index (χ4v) is 4.14. The summed E-state index contributed by atoms with van der Waals surface area (Å²) in [7, 11) is 0. The number of rotatable bonds is 3. The van der Waals surface area contributed by atoms with Crippen LogP contribution in [0.2, 0.25) is 0 Å². The summed E-state index contributed by atoms with van der Waals surface area (Å²) in [5.74, 6) is -0.984. The highest BCUT2D eigenvalue weighted by Crippen LogP contribution is 2.35. The summed E-state index contributed by atoms with van der Waals surface area (Å²) in [6, 6.07) is 7.39. The summed E-state index contributed by atoms with van der Waals surface area (Å²) in [6.45, 7) is 0.651. The number of amides is 1. The van der Waals surface area contributed by atoms with E-state index in [1.807, 2.05) is 0 Å². The van der Waals surface area contributed by atoms with E-state index >= 15 is 0 Å². The van der Waals surface area contributed by atoms with Crippen LogP contribution < -0.4 is 0 Å². The number of benzene rings is 1. The Labute approximate surface area is 179 Å². The van der Waals surface area contributed by atoms with Gasteiger partial charge in [0.25, 0.3) is 5.91 Å². The van der Waals surface area contributed by atoms with Crippen molar-refractivity contribution in [2.45, 2.75) is 18.5 Å². The standard InChI is InChI=1S/C22H17F4N5O/c23-18-4-2-1-3-16(18)13-5-6-30(10-13)21(32)19-12-31-11-14(15-8-27-28-9-15)7-17(20(31)29-19)22(24,25)26/h1-4,7-9,11-13H,5-6,10H2,(H,27,28). The molecule has 0 saturated carbocycles. The number of nitrogens with one attached hydrogen (secondary N) is 1. The summed E-state index contributed by atoms with van der Waals surface area (Å²) in [5, 5.41) is 6.35. The average Bonchev–Trinajstić information content (AvgIpc) is 3.52. The molecule has 0 bridgehead atoms. The quantitative estimate of drug-likeness (QED) is 0.474. The van der Waals surface area contributed by atoms with Crippen LogP contribution in [0.15, 0.2) is 55.1 Å². The third-order valence-electron chi connectivity index (χ3n) is 5.73. The van der Waals surface area contributed by atoms with E-state index in [9.17, 15) is 22.4 Å². The molecule has 4 aromatic rings. The molecule has 1 fully saturated rings. The largest absolute Gasteiger partial charge is 0.420 e. The van der Waals surface area contributed by atoms with Gasteiger partial charge in [-0.25, -0.2) is 9.37 Å². The van der Waals surface area contributed by atoms with E-state index in [2.05, 4.69) is 15.2 Å². The Morgan fingerprint density at radius 1 is 1.16 bits per heavy atom. The maximum Gasteiger partial charge on any atom is 0.420 e. The molecule has 6 nitrogen and oxygen atoms in total. The molecule has 32 heavy (non-hydrogen) atoms. The number of nitrogens with zero attached hydrogens (tertiary/aromatic N) is 4. The monoisotopic (exact) mass is 443 g/mol. The first kappa shape index (κ1) is 20.2. The van der Waals surface area contributed by atoms with E-state index in [1.54, 1.807) is 18.2 Å². The van der Waals surface area contributed by atoms with Crippen molar-refractivity contribution < 1.29 is 22.4 Å². The van der Waals surface area contributed by atoms with Crippen LogP contribution in [-0.2, 0) is 6.18 Å². The van der Waals surface area contributed by atoms with Gasteiger partial charge in [-0.3, -0.25) is 9.89 Å². The van der Waals surface area contributed by atoms with Crippen molar-refractivity contribution in [2.75, 3.05) is 13.1 Å². The molecule has 5 rings (SSSR count). The molecule has 0 aliphatic carbocycles. The van der Waals surface area contributed by atoms with Gasteiger partial charge in [0.15, 0.2) is 0 Å². The number of H-pyrrole nitrogens is 1. The Balaban J connectivity index is 1.48. The predicted octanol–water partition coefficient (Wildman–Crippen LogP) is 4.51. The number of fused-ring (bicyclic) bond motifs is 1. The summed E-state index contributed by atoms with van der Waals surface area (Å²) in [6.07, 6.45) is 1.59. The van der Waals surface area contributed by atoms with Crippen LogP contribution >= 0.6 is 0 Å². The van der Waals surface area contributed by atoms with Crippen LogP contribution in [0.4, 0.5) is 17.6 Å². The molecule has 1 aromatic carbocycles. The van der Waals surface area contributed by atoms with Crippen LogP contribution in [0.5, 0.6) is 0 Å². The van der Waals surface area contributed by atoms with Crippen molar-refractivity contribution in [3.8, 4) is 11.1 Å². The van der Waals surface area contributed by atoms with Crippen molar-refractivity contribution >= 4 is 11.6 Å². The first-order valence-electron chi connectivity index (χ1n) is 9.94. The van der Waals surface area contributed by atoms with Crippen molar-refractivity contribution in [3.05, 3.63) is 77.8 Å². The Hall–Kier alpha value is -3.69. The summed E-state index contributed by atoms with van der Waals surface area (Å²) < 4.78 is 56.5. The third kappa shape index (κ3) is 3.51. The molecule has 164 valence electrons. The number of alkyl halides is 3. The van der Waals surface area contributed by atoms with Gasteiger partial charge in [0, 0.05) is 48.7 Å². The molecule has 1 aliphatic rings. The average molecular weight is 443 g/mol. The Morgan fingerprint density at radius 2 is 1.97 bits per heavy atom. The molecule has 1 N–H and O–H groups in total. The minimum atomic E-state index is -4.66. The molecule has 4 heterocycles. The van der Waals surface area contributed by atoms with Crippen LogP contribution in [-0.4, -0.2) is 43.5 Å². The van der Waals surface area contributed by atoms with Gasteiger partial charge in [0.1, 0.15) is 17.2 Å². The zero-order chi connectivity index (χ0) is 22.5. The van der Waals surface area contributed by atoms with Crippen molar-refractivity contribution in [1.29, 1.82) is 0 Å². The van der Waals surface area contributed by atoms with Crippen molar-refractivity contribution in [2.24, 2.45) is 0 Å². The number of hydrogen-bond donors (Lipinski definition) is 1. The van der Waals surface area contributed by atoms with E-state index < -0.39 is 17.6 Å². The Kier molecular flexibility index (Phi) is 4.72. The highest BCUT2D eigenvalue weighted by atomic mass is 19.4. The molecule has 0 radical (unpaired) electrons. The van der Waals surface area contributed by atoms with E-state index in [0.29, 0.717) is 24.1 Å². The van der Waals surface area contributed by atoms with E-state index in [-0.39, 0.29) is 35.2 Å². The Bertz CT molecular complexity index is 1300. The summed E-state index contributed by atoms with van der Waals surface area (Å²) >= 11 is 0. The highest BCUT2D eigenvalue weighted by Gasteiger charge is 2.36. The first-order chi connectivity index (χ1) is 15.3. The third-order valence-corrected chi connectivity index (χ3v) is 5.73. The lowest BCUT2D eigenvalue weighted by molar-refractivity contribution is -0.136. The van der Waals surface area contributed by atoms with Gasteiger partial charge >= 0.3 is 6.18 Å². The van der Waals surface area contributed by atoms with Gasteiger partial charge in [-0.15, -0.1) is 0 Å². The Morgan fingerprint density at radius 3 is 2.69 bits per heavy atom. The van der Waals surface area contributed by atoms with Crippen LogP contribution in [0.3, 0.4) is 0 Å². The van der Waals surface area contributed by atoms with Crippen LogP contribution in [0, 0.1) is 5.82 Å². The van der Waals surface area contributed by atoms with E-state index in [0.717, 1.165) is 6.07 Å². The van der Waals surface area contributed by atoms with Gasteiger partial charge < -0.3 is 9.30 Å². The summed E-state index contributed by atoms with van der Waals surface area (Å²) in [5.41, 5.74) is -0.0863. The number of carbonyl (C=O) groups is 1. The normalized spacial score (nSPS) is 16.8. The number of carbonyl (C=O) groups excluding carboxylic acids is 1. The second-order valence-electron chi connectivity index (χ2n) is 7.74. The van der Waals surface area contributed by atoms with E-state index in [1.165, 1.54) is 40.2 Å². The fourth-order valence-electron chi connectivity index (χ4n) is 4.14. The molecular formula is C22H17F4N5O. The second kappa shape index (κ2) is 7.47. The number of aromatic amines is 1. The topological polar surface area (TPSA) is 66.3 Å². The molecule has 1 aliphatic heterocycles. The van der Waals surface area contributed by atoms with Gasteiger partial charge in [0.2, 0.25) is 0 Å². The number of hydrogen-bond acceptors (Lipinski definition) is 3. The van der Waals surface area contributed by atoms with Gasteiger partial charge in [-0.05, 0) is 24.1 Å². The minimum Gasteiger partial charge on any atom is -0.337 e.